The van der Waals surface area contributed by atoms with Crippen molar-refractivity contribution in [2.24, 2.45) is 0 Å². The second kappa shape index (κ2) is 8.52. The first-order chi connectivity index (χ1) is 16.0. The summed E-state index contributed by atoms with van der Waals surface area (Å²) in [4.78, 5) is 31.0. The molecular formula is C25H19ClN4O3. The molecule has 33 heavy (non-hydrogen) atoms. The molecule has 0 aliphatic rings. The zero-order valence-electron chi connectivity index (χ0n) is 17.7. The van der Waals surface area contributed by atoms with Crippen molar-refractivity contribution < 1.29 is 4.52 Å². The van der Waals surface area contributed by atoms with E-state index in [4.69, 9.17) is 16.1 Å². The van der Waals surface area contributed by atoms with Crippen molar-refractivity contribution in [1.29, 1.82) is 0 Å². The maximum absolute atomic E-state index is 13.4. The Labute approximate surface area is 193 Å². The molecule has 2 heterocycles. The quantitative estimate of drug-likeness (QED) is 0.392. The summed E-state index contributed by atoms with van der Waals surface area (Å²) in [5, 5.41) is 5.08. The number of rotatable bonds is 5. The van der Waals surface area contributed by atoms with Crippen molar-refractivity contribution >= 4 is 22.5 Å². The van der Waals surface area contributed by atoms with Crippen LogP contribution in [0, 0.1) is 6.92 Å². The first-order valence-corrected chi connectivity index (χ1v) is 10.7. The maximum Gasteiger partial charge on any atom is 0.332 e. The molecule has 0 spiro atoms. The van der Waals surface area contributed by atoms with Crippen LogP contribution in [-0.2, 0) is 13.1 Å². The third-order valence-corrected chi connectivity index (χ3v) is 5.71. The van der Waals surface area contributed by atoms with Gasteiger partial charge in [-0.3, -0.25) is 13.9 Å². The lowest BCUT2D eigenvalue weighted by molar-refractivity contribution is 0.369. The summed E-state index contributed by atoms with van der Waals surface area (Å²) in [6, 6.07) is 21.8. The van der Waals surface area contributed by atoms with E-state index >= 15 is 0 Å². The predicted octanol–water partition coefficient (Wildman–Crippen LogP) is 4.27. The third kappa shape index (κ3) is 4.10. The topological polar surface area (TPSA) is 82.9 Å². The summed E-state index contributed by atoms with van der Waals surface area (Å²) in [6.45, 7) is 2.19. The van der Waals surface area contributed by atoms with E-state index in [2.05, 4.69) is 10.1 Å². The Kier molecular flexibility index (Phi) is 5.40. The Balaban J connectivity index is 1.58. The van der Waals surface area contributed by atoms with Crippen molar-refractivity contribution in [2.75, 3.05) is 0 Å². The lowest BCUT2D eigenvalue weighted by atomic mass is 10.1. The van der Waals surface area contributed by atoms with Crippen LogP contribution in [-0.4, -0.2) is 19.3 Å². The third-order valence-electron chi connectivity index (χ3n) is 5.46. The standard InChI is InChI=1S/C25H19ClN4O3/c1-16-6-8-17(9-7-16)14-30-24(31)20-4-2-3-5-21(20)29(25(30)32)15-22-27-23(28-33-22)18-10-12-19(26)13-11-18/h2-13H,14-15H2,1H3. The van der Waals surface area contributed by atoms with Crippen molar-refractivity contribution in [3.63, 3.8) is 0 Å². The molecule has 0 aliphatic carbocycles. The fraction of sp³-hybridized carbons (Fsp3) is 0.120. The molecule has 0 N–H and O–H groups in total. The Hall–Kier alpha value is -3.97. The highest BCUT2D eigenvalue weighted by Crippen LogP contribution is 2.19. The summed E-state index contributed by atoms with van der Waals surface area (Å²) in [7, 11) is 0. The summed E-state index contributed by atoms with van der Waals surface area (Å²) >= 11 is 5.95. The highest BCUT2D eigenvalue weighted by molar-refractivity contribution is 6.30. The van der Waals surface area contributed by atoms with Gasteiger partial charge < -0.3 is 4.52 Å². The van der Waals surface area contributed by atoms with Gasteiger partial charge in [-0.2, -0.15) is 4.98 Å². The summed E-state index contributed by atoms with van der Waals surface area (Å²) < 4.78 is 8.15. The highest BCUT2D eigenvalue weighted by Gasteiger charge is 2.16. The van der Waals surface area contributed by atoms with E-state index in [9.17, 15) is 9.59 Å². The van der Waals surface area contributed by atoms with Gasteiger partial charge in [0, 0.05) is 10.6 Å². The zero-order chi connectivity index (χ0) is 22.9. The molecule has 0 unspecified atom stereocenters. The van der Waals surface area contributed by atoms with Crippen molar-refractivity contribution in [3.05, 3.63) is 116 Å². The van der Waals surface area contributed by atoms with Gasteiger partial charge in [-0.1, -0.05) is 58.7 Å². The molecule has 0 saturated carbocycles. The molecule has 0 aliphatic heterocycles. The van der Waals surface area contributed by atoms with E-state index in [1.165, 1.54) is 9.13 Å². The highest BCUT2D eigenvalue weighted by atomic mass is 35.5. The Bertz CT molecular complexity index is 1570. The van der Waals surface area contributed by atoms with Gasteiger partial charge in [-0.25, -0.2) is 4.79 Å². The van der Waals surface area contributed by atoms with Gasteiger partial charge in [0.25, 0.3) is 5.56 Å². The molecule has 3 aromatic carbocycles. The molecule has 7 nitrogen and oxygen atoms in total. The summed E-state index contributed by atoms with van der Waals surface area (Å²) in [5.74, 6) is 0.653. The summed E-state index contributed by atoms with van der Waals surface area (Å²) in [6.07, 6.45) is 0. The van der Waals surface area contributed by atoms with E-state index in [1.807, 2.05) is 31.2 Å². The molecule has 0 saturated heterocycles. The SMILES string of the molecule is Cc1ccc(Cn2c(=O)c3ccccc3n(Cc3nc(-c4ccc(Cl)cc4)no3)c2=O)cc1. The molecule has 0 bridgehead atoms. The molecule has 0 fully saturated rings. The largest absolute Gasteiger partial charge is 0.337 e. The van der Waals surface area contributed by atoms with Crippen LogP contribution in [0.3, 0.4) is 0 Å². The average Bonchev–Trinajstić information content (AvgIpc) is 3.30. The maximum atomic E-state index is 13.4. The number of hydrogen-bond donors (Lipinski definition) is 0. The minimum atomic E-state index is -0.439. The van der Waals surface area contributed by atoms with Gasteiger partial charge in [0.15, 0.2) is 0 Å². The zero-order valence-corrected chi connectivity index (χ0v) is 18.5. The summed E-state index contributed by atoms with van der Waals surface area (Å²) in [5.41, 5.74) is 2.46. The first-order valence-electron chi connectivity index (χ1n) is 10.4. The van der Waals surface area contributed by atoms with E-state index in [1.54, 1.807) is 48.5 Å². The lowest BCUT2D eigenvalue weighted by Crippen LogP contribution is -2.40. The van der Waals surface area contributed by atoms with Crippen LogP contribution in [0.1, 0.15) is 17.0 Å². The van der Waals surface area contributed by atoms with Crippen molar-refractivity contribution in [1.82, 2.24) is 19.3 Å². The van der Waals surface area contributed by atoms with E-state index < -0.39 is 5.69 Å². The average molecular weight is 459 g/mol. The van der Waals surface area contributed by atoms with Crippen LogP contribution < -0.4 is 11.2 Å². The number of fused-ring (bicyclic) bond motifs is 1. The molecule has 0 atom stereocenters. The molecular weight excluding hydrogens is 440 g/mol. The van der Waals surface area contributed by atoms with Crippen molar-refractivity contribution in [2.45, 2.75) is 20.0 Å². The van der Waals surface area contributed by atoms with E-state index in [0.717, 1.165) is 16.7 Å². The van der Waals surface area contributed by atoms with Crippen LogP contribution in [0.5, 0.6) is 0 Å². The smallest absolute Gasteiger partial charge is 0.332 e. The Morgan fingerprint density at radius 3 is 2.36 bits per heavy atom. The minimum Gasteiger partial charge on any atom is -0.337 e. The first kappa shape index (κ1) is 20.9. The predicted molar refractivity (Wildman–Crippen MR) is 127 cm³/mol. The normalized spacial score (nSPS) is 11.2. The van der Waals surface area contributed by atoms with E-state index in [-0.39, 0.29) is 24.5 Å². The number of benzene rings is 3. The molecule has 0 amide bonds. The monoisotopic (exact) mass is 458 g/mol. The van der Waals surface area contributed by atoms with Gasteiger partial charge in [0.1, 0.15) is 6.54 Å². The van der Waals surface area contributed by atoms with Gasteiger partial charge in [0.2, 0.25) is 11.7 Å². The fourth-order valence-electron chi connectivity index (χ4n) is 3.71. The van der Waals surface area contributed by atoms with Gasteiger partial charge >= 0.3 is 5.69 Å². The number of aromatic nitrogens is 4. The molecule has 164 valence electrons. The van der Waals surface area contributed by atoms with Crippen molar-refractivity contribution in [3.8, 4) is 11.4 Å². The second-order valence-corrected chi connectivity index (χ2v) is 8.22. The van der Waals surface area contributed by atoms with Gasteiger partial charge in [-0.05, 0) is 48.9 Å². The second-order valence-electron chi connectivity index (χ2n) is 7.78. The van der Waals surface area contributed by atoms with Crippen LogP contribution in [0.4, 0.5) is 0 Å². The number of aryl methyl sites for hydroxylation is 1. The molecule has 5 rings (SSSR count). The lowest BCUT2D eigenvalue weighted by Gasteiger charge is -2.13. The van der Waals surface area contributed by atoms with Crippen LogP contribution in [0.2, 0.25) is 5.02 Å². The van der Waals surface area contributed by atoms with Gasteiger partial charge in [-0.15, -0.1) is 0 Å². The van der Waals surface area contributed by atoms with Crippen LogP contribution >= 0.6 is 11.6 Å². The number of nitrogens with zero attached hydrogens (tertiary/aromatic N) is 4. The number of para-hydroxylation sites is 1. The van der Waals surface area contributed by atoms with E-state index in [0.29, 0.717) is 21.7 Å². The molecule has 2 aromatic heterocycles. The molecule has 0 radical (unpaired) electrons. The van der Waals surface area contributed by atoms with Crippen LogP contribution in [0.15, 0.2) is 86.9 Å². The number of halogens is 1. The Morgan fingerprint density at radius 2 is 1.61 bits per heavy atom. The Morgan fingerprint density at radius 1 is 0.879 bits per heavy atom. The number of hydrogen-bond acceptors (Lipinski definition) is 5. The molecule has 5 aromatic rings. The fourth-order valence-corrected chi connectivity index (χ4v) is 3.84. The minimum absolute atomic E-state index is 0.0358. The molecule has 8 heteroatoms. The van der Waals surface area contributed by atoms with Crippen LogP contribution in [0.25, 0.3) is 22.3 Å². The van der Waals surface area contributed by atoms with Gasteiger partial charge in [0.05, 0.1) is 17.4 Å².